The number of hydrogen-bond donors (Lipinski definition) is 1. The van der Waals surface area contributed by atoms with Crippen molar-refractivity contribution in [3.8, 4) is 5.75 Å². The highest BCUT2D eigenvalue weighted by molar-refractivity contribution is 5.91. The fourth-order valence-electron chi connectivity index (χ4n) is 1.21. The summed E-state index contributed by atoms with van der Waals surface area (Å²) in [6.07, 6.45) is 0. The van der Waals surface area contributed by atoms with Gasteiger partial charge in [-0.25, -0.2) is 18.0 Å². The van der Waals surface area contributed by atoms with Crippen molar-refractivity contribution in [1.82, 2.24) is 0 Å². The summed E-state index contributed by atoms with van der Waals surface area (Å²) in [5.41, 5.74) is -1.33. The summed E-state index contributed by atoms with van der Waals surface area (Å²) in [5.74, 6) is -6.52. The van der Waals surface area contributed by atoms with E-state index in [1.165, 1.54) is 0 Å². The van der Waals surface area contributed by atoms with Gasteiger partial charge < -0.3 is 9.84 Å². The van der Waals surface area contributed by atoms with Crippen LogP contribution in [0.2, 0.25) is 0 Å². The van der Waals surface area contributed by atoms with Gasteiger partial charge in [-0.3, -0.25) is 0 Å². The highest BCUT2D eigenvalue weighted by atomic mass is 19.3. The number of methoxy groups -OCH3 is 1. The van der Waals surface area contributed by atoms with Crippen molar-refractivity contribution >= 4 is 5.97 Å². The van der Waals surface area contributed by atoms with Crippen molar-refractivity contribution in [2.75, 3.05) is 7.11 Å². The monoisotopic (exact) mass is 234 g/mol. The van der Waals surface area contributed by atoms with E-state index in [0.29, 0.717) is 19.1 Å². The molecule has 0 aliphatic rings. The zero-order chi connectivity index (χ0) is 12.5. The number of rotatable bonds is 3. The van der Waals surface area contributed by atoms with Crippen LogP contribution in [0.1, 0.15) is 22.8 Å². The summed E-state index contributed by atoms with van der Waals surface area (Å²) >= 11 is 0. The number of carboxylic acids is 1. The Hall–Kier alpha value is -1.72. The van der Waals surface area contributed by atoms with Gasteiger partial charge in [-0.1, -0.05) is 0 Å². The normalized spacial score (nSPS) is 11.3. The highest BCUT2D eigenvalue weighted by Gasteiger charge is 2.28. The molecule has 0 fully saturated rings. The minimum atomic E-state index is -3.31. The van der Waals surface area contributed by atoms with Gasteiger partial charge in [-0.15, -0.1) is 0 Å². The molecular weight excluding hydrogens is 225 g/mol. The molecular formula is C10H9F3O3. The van der Waals surface area contributed by atoms with Crippen molar-refractivity contribution in [2.24, 2.45) is 0 Å². The van der Waals surface area contributed by atoms with Crippen LogP contribution in [-0.2, 0) is 5.92 Å². The standard InChI is InChI=1S/C10H9F3O3/c1-10(12,13)5-3-6(9(14)15)8(16-2)7(11)4-5/h3-4H,1-2H3,(H,14,15). The molecule has 0 bridgehead atoms. The minimum absolute atomic E-state index is 0.555. The number of benzene rings is 1. The Bertz CT molecular complexity index is 424. The Morgan fingerprint density at radius 2 is 2.00 bits per heavy atom. The Kier molecular flexibility index (Phi) is 3.11. The molecule has 0 radical (unpaired) electrons. The molecule has 1 N–H and O–H groups in total. The van der Waals surface area contributed by atoms with Crippen LogP contribution in [0.4, 0.5) is 13.2 Å². The van der Waals surface area contributed by atoms with Crippen LogP contribution < -0.4 is 4.74 Å². The summed E-state index contributed by atoms with van der Waals surface area (Å²) in [7, 11) is 1.06. The number of alkyl halides is 2. The molecule has 1 aromatic rings. The first kappa shape index (κ1) is 12.4. The third kappa shape index (κ3) is 2.26. The molecule has 0 amide bonds. The number of ether oxygens (including phenoxy) is 1. The summed E-state index contributed by atoms with van der Waals surface area (Å²) in [6, 6.07) is 1.26. The van der Waals surface area contributed by atoms with E-state index in [1.54, 1.807) is 0 Å². The van der Waals surface area contributed by atoms with Gasteiger partial charge in [0.1, 0.15) is 5.56 Å². The fraction of sp³-hybridized carbons (Fsp3) is 0.300. The lowest BCUT2D eigenvalue weighted by Crippen LogP contribution is -2.11. The maximum atomic E-state index is 13.3. The molecule has 0 spiro atoms. The van der Waals surface area contributed by atoms with E-state index in [0.717, 1.165) is 7.11 Å². The number of hydrogen-bond acceptors (Lipinski definition) is 2. The quantitative estimate of drug-likeness (QED) is 0.874. The molecule has 1 rings (SSSR count). The number of carbonyl (C=O) groups is 1. The van der Waals surface area contributed by atoms with Crippen molar-refractivity contribution in [3.63, 3.8) is 0 Å². The van der Waals surface area contributed by atoms with Gasteiger partial charge in [0.05, 0.1) is 7.11 Å². The third-order valence-corrected chi connectivity index (χ3v) is 1.99. The molecule has 6 heteroatoms. The first-order valence-corrected chi connectivity index (χ1v) is 4.26. The molecule has 0 aliphatic carbocycles. The van der Waals surface area contributed by atoms with Gasteiger partial charge in [-0.2, -0.15) is 0 Å². The maximum absolute atomic E-state index is 13.3. The fourth-order valence-corrected chi connectivity index (χ4v) is 1.21. The molecule has 3 nitrogen and oxygen atoms in total. The average molecular weight is 234 g/mol. The molecule has 88 valence electrons. The Balaban J connectivity index is 3.46. The minimum Gasteiger partial charge on any atom is -0.493 e. The van der Waals surface area contributed by atoms with Crippen LogP contribution in [0.25, 0.3) is 0 Å². The SMILES string of the molecule is COc1c(F)cc(C(C)(F)F)cc1C(=O)O. The topological polar surface area (TPSA) is 46.5 Å². The predicted octanol–water partition coefficient (Wildman–Crippen LogP) is 2.64. The molecule has 0 aliphatic heterocycles. The molecule has 1 aromatic carbocycles. The smallest absolute Gasteiger partial charge is 0.339 e. The third-order valence-electron chi connectivity index (χ3n) is 1.99. The van der Waals surface area contributed by atoms with Crippen molar-refractivity contribution in [1.29, 1.82) is 0 Å². The summed E-state index contributed by atoms with van der Waals surface area (Å²) in [5, 5.41) is 8.72. The summed E-state index contributed by atoms with van der Waals surface area (Å²) in [6.45, 7) is 0.555. The molecule has 16 heavy (non-hydrogen) atoms. The van der Waals surface area contributed by atoms with Gasteiger partial charge >= 0.3 is 5.97 Å². The van der Waals surface area contributed by atoms with Crippen molar-refractivity contribution < 1.29 is 27.8 Å². The average Bonchev–Trinajstić information content (AvgIpc) is 2.14. The maximum Gasteiger partial charge on any atom is 0.339 e. The van der Waals surface area contributed by atoms with Crippen LogP contribution in [-0.4, -0.2) is 18.2 Å². The highest BCUT2D eigenvalue weighted by Crippen LogP contribution is 2.32. The second kappa shape index (κ2) is 4.03. The lowest BCUT2D eigenvalue weighted by Gasteiger charge is -2.13. The Labute approximate surface area is 89.5 Å². The molecule has 0 saturated carbocycles. The molecule has 0 unspecified atom stereocenters. The zero-order valence-corrected chi connectivity index (χ0v) is 8.55. The molecule has 0 heterocycles. The van der Waals surface area contributed by atoms with Gasteiger partial charge in [0.15, 0.2) is 11.6 Å². The molecule has 0 saturated heterocycles. The van der Waals surface area contributed by atoms with E-state index in [-0.39, 0.29) is 0 Å². The summed E-state index contributed by atoms with van der Waals surface area (Å²) < 4.78 is 43.6. The van der Waals surface area contributed by atoms with Gasteiger partial charge in [0.25, 0.3) is 5.92 Å². The van der Waals surface area contributed by atoms with E-state index in [2.05, 4.69) is 4.74 Å². The van der Waals surface area contributed by atoms with Gasteiger partial charge in [0, 0.05) is 12.5 Å². The van der Waals surface area contributed by atoms with Crippen LogP contribution >= 0.6 is 0 Å². The summed E-state index contributed by atoms with van der Waals surface area (Å²) in [4.78, 5) is 10.7. The van der Waals surface area contributed by atoms with E-state index in [4.69, 9.17) is 5.11 Å². The first-order valence-electron chi connectivity index (χ1n) is 4.26. The number of aromatic carboxylic acids is 1. The van der Waals surface area contributed by atoms with E-state index in [1.807, 2.05) is 0 Å². The predicted molar refractivity (Wildman–Crippen MR) is 49.5 cm³/mol. The van der Waals surface area contributed by atoms with Crippen LogP contribution in [0, 0.1) is 5.82 Å². The van der Waals surface area contributed by atoms with Gasteiger partial charge in [0.2, 0.25) is 0 Å². The van der Waals surface area contributed by atoms with Crippen LogP contribution in [0.3, 0.4) is 0 Å². The lowest BCUT2D eigenvalue weighted by molar-refractivity contribution is 0.0170. The first-order chi connectivity index (χ1) is 7.27. The van der Waals surface area contributed by atoms with Crippen LogP contribution in [0.15, 0.2) is 12.1 Å². The van der Waals surface area contributed by atoms with E-state index in [9.17, 15) is 18.0 Å². The van der Waals surface area contributed by atoms with Crippen molar-refractivity contribution in [3.05, 3.63) is 29.1 Å². The van der Waals surface area contributed by atoms with Crippen LogP contribution in [0.5, 0.6) is 5.75 Å². The van der Waals surface area contributed by atoms with E-state index >= 15 is 0 Å². The Morgan fingerprint density at radius 3 is 2.38 bits per heavy atom. The number of carboxylic acid groups (broad SMARTS) is 1. The van der Waals surface area contributed by atoms with Crippen molar-refractivity contribution in [2.45, 2.75) is 12.8 Å². The Morgan fingerprint density at radius 1 is 1.44 bits per heavy atom. The molecule has 0 aromatic heterocycles. The zero-order valence-electron chi connectivity index (χ0n) is 8.55. The van der Waals surface area contributed by atoms with Gasteiger partial charge in [-0.05, 0) is 12.1 Å². The lowest BCUT2D eigenvalue weighted by atomic mass is 10.0. The van der Waals surface area contributed by atoms with E-state index < -0.39 is 34.6 Å². The second-order valence-corrected chi connectivity index (χ2v) is 3.23. The number of halogens is 3. The largest absolute Gasteiger partial charge is 0.493 e. The second-order valence-electron chi connectivity index (χ2n) is 3.23. The molecule has 0 atom stereocenters.